The molecule has 1 amide bonds. The number of hydrogen-bond donors (Lipinski definition) is 1. The molecular weight excluding hydrogens is 410 g/mol. The average Bonchev–Trinajstić information content (AvgIpc) is 2.84. The van der Waals surface area contributed by atoms with Gasteiger partial charge in [-0.05, 0) is 55.3 Å². The van der Waals surface area contributed by atoms with Crippen molar-refractivity contribution < 1.29 is 14.3 Å². The molecule has 2 aromatic heterocycles. The molecule has 0 spiro atoms. The highest BCUT2D eigenvalue weighted by atomic mass is 79.9. The van der Waals surface area contributed by atoms with E-state index in [-0.39, 0.29) is 23.3 Å². The molecule has 2 heterocycles. The highest BCUT2D eigenvalue weighted by molar-refractivity contribution is 9.10. The summed E-state index contributed by atoms with van der Waals surface area (Å²) in [5.41, 5.74) is 1.04. The Balaban J connectivity index is 2.12. The number of ether oxygens (including phenoxy) is 1. The molecule has 0 saturated heterocycles. The number of rotatable bonds is 5. The number of carbonyl (C=O) groups is 2. The number of halogens is 1. The quantitative estimate of drug-likeness (QED) is 0.740. The van der Waals surface area contributed by atoms with E-state index in [2.05, 4.69) is 26.2 Å². The number of hydrogen-bond acceptors (Lipinski definition) is 6. The number of nitrogens with zero attached hydrogens (tertiary/aromatic N) is 2. The zero-order valence-corrected chi connectivity index (χ0v) is 16.7. The van der Waals surface area contributed by atoms with Crippen LogP contribution in [0.3, 0.4) is 0 Å². The highest BCUT2D eigenvalue weighted by Crippen LogP contribution is 2.23. The van der Waals surface area contributed by atoms with E-state index >= 15 is 0 Å². The molecule has 1 N–H and O–H groups in total. The molecule has 0 unspecified atom stereocenters. The number of aromatic nitrogens is 2. The number of thiazole rings is 1. The Morgan fingerprint density at radius 1 is 1.40 bits per heavy atom. The molecule has 0 fully saturated rings. The van der Waals surface area contributed by atoms with Crippen LogP contribution >= 0.6 is 27.3 Å². The second-order valence-corrected chi connectivity index (χ2v) is 7.59. The molecule has 9 heteroatoms. The average molecular weight is 428 g/mol. The summed E-state index contributed by atoms with van der Waals surface area (Å²) in [6.07, 6.45) is 1.37. The van der Waals surface area contributed by atoms with Crippen molar-refractivity contribution in [2.75, 3.05) is 5.32 Å². The van der Waals surface area contributed by atoms with Gasteiger partial charge in [0.25, 0.3) is 5.56 Å². The van der Waals surface area contributed by atoms with E-state index in [0.717, 1.165) is 16.9 Å². The van der Waals surface area contributed by atoms with Crippen LogP contribution in [0.25, 0.3) is 0 Å². The fourth-order valence-electron chi connectivity index (χ4n) is 2.08. The molecule has 0 aliphatic heterocycles. The van der Waals surface area contributed by atoms with Crippen LogP contribution in [-0.2, 0) is 16.1 Å². The molecule has 134 valence electrons. The van der Waals surface area contributed by atoms with E-state index in [4.69, 9.17) is 4.74 Å². The number of esters is 1. The summed E-state index contributed by atoms with van der Waals surface area (Å²) in [4.78, 5) is 40.7. The number of anilines is 1. The minimum absolute atomic E-state index is 0.149. The molecule has 0 atom stereocenters. The Kier molecular flexibility index (Phi) is 6.12. The summed E-state index contributed by atoms with van der Waals surface area (Å²) in [7, 11) is 0. The molecule has 0 radical (unpaired) electrons. The molecular formula is C16H18BrN3O4S. The van der Waals surface area contributed by atoms with Crippen LogP contribution in [0.1, 0.15) is 34.8 Å². The third-order valence-corrected chi connectivity index (χ3v) is 4.69. The topological polar surface area (TPSA) is 90.3 Å². The monoisotopic (exact) mass is 427 g/mol. The van der Waals surface area contributed by atoms with Crippen molar-refractivity contribution >= 4 is 44.3 Å². The van der Waals surface area contributed by atoms with Gasteiger partial charge in [0, 0.05) is 6.20 Å². The van der Waals surface area contributed by atoms with Gasteiger partial charge in [-0.15, -0.1) is 0 Å². The van der Waals surface area contributed by atoms with Crippen molar-refractivity contribution in [3.8, 4) is 0 Å². The van der Waals surface area contributed by atoms with Crippen molar-refractivity contribution in [1.29, 1.82) is 0 Å². The Hall–Kier alpha value is -2.00. The molecule has 0 bridgehead atoms. The number of pyridine rings is 1. The summed E-state index contributed by atoms with van der Waals surface area (Å²) < 4.78 is 6.84. The van der Waals surface area contributed by atoms with Crippen molar-refractivity contribution in [3.05, 3.63) is 43.2 Å². The molecule has 25 heavy (non-hydrogen) atoms. The van der Waals surface area contributed by atoms with Gasteiger partial charge < -0.3 is 14.6 Å². The minimum Gasteiger partial charge on any atom is -0.459 e. The Morgan fingerprint density at radius 3 is 2.72 bits per heavy atom. The van der Waals surface area contributed by atoms with Gasteiger partial charge in [-0.25, -0.2) is 9.78 Å². The number of amides is 1. The zero-order valence-electron chi connectivity index (χ0n) is 14.3. The normalized spacial score (nSPS) is 10.8. The van der Waals surface area contributed by atoms with Crippen LogP contribution < -0.4 is 10.9 Å². The lowest BCUT2D eigenvalue weighted by Gasteiger charge is -2.07. The fourth-order valence-corrected chi connectivity index (χ4v) is 3.53. The molecule has 7 nitrogen and oxygen atoms in total. The van der Waals surface area contributed by atoms with Gasteiger partial charge in [-0.3, -0.25) is 9.59 Å². The van der Waals surface area contributed by atoms with Gasteiger partial charge in [-0.2, -0.15) is 0 Å². The van der Waals surface area contributed by atoms with E-state index in [0.29, 0.717) is 15.0 Å². The molecule has 0 aliphatic rings. The summed E-state index contributed by atoms with van der Waals surface area (Å²) in [5, 5.41) is 2.90. The second kappa shape index (κ2) is 7.92. The van der Waals surface area contributed by atoms with Gasteiger partial charge in [-0.1, -0.05) is 11.3 Å². The predicted octanol–water partition coefficient (Wildman–Crippen LogP) is 2.89. The fraction of sp³-hybridized carbons (Fsp3) is 0.375. The van der Waals surface area contributed by atoms with Crippen molar-refractivity contribution in [2.24, 2.45) is 0 Å². The van der Waals surface area contributed by atoms with Crippen LogP contribution in [0.5, 0.6) is 0 Å². The number of aryl methyl sites for hydroxylation is 2. The number of carbonyl (C=O) groups excluding carboxylic acids is 2. The van der Waals surface area contributed by atoms with E-state index in [9.17, 15) is 14.4 Å². The zero-order chi connectivity index (χ0) is 18.7. The minimum atomic E-state index is -0.468. The third-order valence-electron chi connectivity index (χ3n) is 3.06. The van der Waals surface area contributed by atoms with E-state index < -0.39 is 11.9 Å². The third kappa shape index (κ3) is 4.99. The van der Waals surface area contributed by atoms with Crippen LogP contribution in [0, 0.1) is 13.8 Å². The predicted molar refractivity (Wildman–Crippen MR) is 99.2 cm³/mol. The maximum atomic E-state index is 12.2. The van der Waals surface area contributed by atoms with Crippen LogP contribution in [-0.4, -0.2) is 27.5 Å². The van der Waals surface area contributed by atoms with Gasteiger partial charge >= 0.3 is 5.97 Å². The lowest BCUT2D eigenvalue weighted by atomic mass is 10.3. The van der Waals surface area contributed by atoms with Crippen molar-refractivity contribution in [2.45, 2.75) is 40.3 Å². The van der Waals surface area contributed by atoms with Crippen LogP contribution in [0.15, 0.2) is 21.5 Å². The maximum absolute atomic E-state index is 12.2. The van der Waals surface area contributed by atoms with Gasteiger partial charge in [0.05, 0.1) is 16.3 Å². The first kappa shape index (κ1) is 19.3. The van der Waals surface area contributed by atoms with E-state index in [1.807, 2.05) is 6.92 Å². The van der Waals surface area contributed by atoms with E-state index in [1.54, 1.807) is 33.0 Å². The number of nitrogens with one attached hydrogen (secondary N) is 1. The highest BCUT2D eigenvalue weighted by Gasteiger charge is 2.19. The van der Waals surface area contributed by atoms with Gasteiger partial charge in [0.2, 0.25) is 5.91 Å². The lowest BCUT2D eigenvalue weighted by molar-refractivity contribution is -0.116. The molecule has 0 aromatic carbocycles. The van der Waals surface area contributed by atoms with Crippen LogP contribution in [0.2, 0.25) is 0 Å². The van der Waals surface area contributed by atoms with Gasteiger partial charge in [0.15, 0.2) is 5.13 Å². The molecule has 0 saturated carbocycles. The Labute approximate surface area is 157 Å². The smallest absolute Gasteiger partial charge is 0.350 e. The summed E-state index contributed by atoms with van der Waals surface area (Å²) in [6, 6.07) is 1.69. The molecule has 2 rings (SSSR count). The van der Waals surface area contributed by atoms with Crippen molar-refractivity contribution in [3.63, 3.8) is 0 Å². The van der Waals surface area contributed by atoms with Gasteiger partial charge in [0.1, 0.15) is 11.4 Å². The second-order valence-electron chi connectivity index (χ2n) is 5.73. The first-order valence-electron chi connectivity index (χ1n) is 7.52. The standard InChI is InChI=1S/C16H18BrN3O4S/c1-8(2)24-15(23)13-10(4)18-16(25-13)19-12(21)7-20-6-9(3)5-11(17)14(20)22/h5-6,8H,7H2,1-4H3,(H,18,19,21). The van der Waals surface area contributed by atoms with Crippen LogP contribution in [0.4, 0.5) is 5.13 Å². The summed E-state index contributed by atoms with van der Waals surface area (Å²) in [5.74, 6) is -0.874. The largest absolute Gasteiger partial charge is 0.459 e. The first-order valence-corrected chi connectivity index (χ1v) is 9.13. The molecule has 0 aliphatic carbocycles. The Bertz CT molecular complexity index is 873. The maximum Gasteiger partial charge on any atom is 0.350 e. The first-order chi connectivity index (χ1) is 11.7. The summed E-state index contributed by atoms with van der Waals surface area (Å²) in [6.45, 7) is 6.87. The molecule has 2 aromatic rings. The Morgan fingerprint density at radius 2 is 2.08 bits per heavy atom. The van der Waals surface area contributed by atoms with Crippen molar-refractivity contribution in [1.82, 2.24) is 9.55 Å². The SMILES string of the molecule is Cc1cc(Br)c(=O)n(CC(=O)Nc2nc(C)c(C(=O)OC(C)C)s2)c1. The summed E-state index contributed by atoms with van der Waals surface area (Å²) >= 11 is 4.22. The van der Waals surface area contributed by atoms with E-state index in [1.165, 1.54) is 4.57 Å². The lowest BCUT2D eigenvalue weighted by Crippen LogP contribution is -2.27.